The highest BCUT2D eigenvalue weighted by Gasteiger charge is 2.33. The molecule has 1 saturated carbocycles. The molecule has 100 valence electrons. The molecule has 3 rings (SSSR count). The Morgan fingerprint density at radius 1 is 1.42 bits per heavy atom. The third kappa shape index (κ3) is 2.31. The number of ether oxygens (including phenoxy) is 1. The van der Waals surface area contributed by atoms with E-state index in [2.05, 4.69) is 15.5 Å². The molecule has 0 bridgehead atoms. The molecule has 1 heterocycles. The van der Waals surface area contributed by atoms with Crippen molar-refractivity contribution in [2.45, 2.75) is 31.9 Å². The molecule has 1 aromatic heterocycles. The van der Waals surface area contributed by atoms with Gasteiger partial charge >= 0.3 is 0 Å². The molecule has 2 N–H and O–H groups in total. The van der Waals surface area contributed by atoms with E-state index < -0.39 is 0 Å². The van der Waals surface area contributed by atoms with Crippen molar-refractivity contribution in [1.29, 1.82) is 0 Å². The lowest BCUT2D eigenvalue weighted by Crippen LogP contribution is -2.34. The summed E-state index contributed by atoms with van der Waals surface area (Å²) in [7, 11) is 0. The van der Waals surface area contributed by atoms with Crippen molar-refractivity contribution in [3.8, 4) is 11.4 Å². The predicted molar refractivity (Wildman–Crippen MR) is 71.4 cm³/mol. The van der Waals surface area contributed by atoms with Crippen molar-refractivity contribution < 1.29 is 4.74 Å². The Hall–Kier alpha value is -1.95. The normalized spacial score (nSPS) is 22.2. The Balaban J connectivity index is 1.80. The standard InChI is InChI=1S/C13H17N5O/c1-2-19-12-7-11(8-12)18-13(15-16-17-18)9-4-3-5-10(14)6-9/h3-6,11-12H,2,7-8,14H2,1H3. The van der Waals surface area contributed by atoms with Crippen LogP contribution in [0.1, 0.15) is 25.8 Å². The molecule has 0 amide bonds. The quantitative estimate of drug-likeness (QED) is 0.845. The van der Waals surface area contributed by atoms with E-state index in [1.165, 1.54) is 0 Å². The Morgan fingerprint density at radius 3 is 3.00 bits per heavy atom. The molecule has 0 saturated heterocycles. The second kappa shape index (κ2) is 4.97. The van der Waals surface area contributed by atoms with Crippen molar-refractivity contribution in [3.63, 3.8) is 0 Å². The summed E-state index contributed by atoms with van der Waals surface area (Å²) >= 11 is 0. The maximum absolute atomic E-state index is 5.80. The minimum Gasteiger partial charge on any atom is -0.399 e. The van der Waals surface area contributed by atoms with Gasteiger partial charge in [0.15, 0.2) is 5.82 Å². The topological polar surface area (TPSA) is 78.8 Å². The summed E-state index contributed by atoms with van der Waals surface area (Å²) < 4.78 is 7.45. The van der Waals surface area contributed by atoms with Gasteiger partial charge in [0.1, 0.15) is 0 Å². The first-order valence-corrected chi connectivity index (χ1v) is 6.53. The summed E-state index contributed by atoms with van der Waals surface area (Å²) in [6.07, 6.45) is 2.27. The van der Waals surface area contributed by atoms with Crippen LogP contribution in [-0.4, -0.2) is 32.9 Å². The monoisotopic (exact) mass is 259 g/mol. The van der Waals surface area contributed by atoms with Crippen LogP contribution < -0.4 is 5.73 Å². The van der Waals surface area contributed by atoms with Crippen molar-refractivity contribution >= 4 is 5.69 Å². The van der Waals surface area contributed by atoms with Gasteiger partial charge in [0.2, 0.25) is 0 Å². The van der Waals surface area contributed by atoms with Crippen LogP contribution in [0.2, 0.25) is 0 Å². The van der Waals surface area contributed by atoms with E-state index in [0.29, 0.717) is 17.8 Å². The van der Waals surface area contributed by atoms with Crippen LogP contribution in [0, 0.1) is 0 Å². The minimum atomic E-state index is 0.322. The maximum atomic E-state index is 5.80. The molecule has 19 heavy (non-hydrogen) atoms. The largest absolute Gasteiger partial charge is 0.399 e. The molecule has 1 aliphatic rings. The van der Waals surface area contributed by atoms with E-state index in [4.69, 9.17) is 10.5 Å². The van der Waals surface area contributed by atoms with Gasteiger partial charge < -0.3 is 10.5 Å². The number of hydrogen-bond acceptors (Lipinski definition) is 5. The molecule has 1 aromatic carbocycles. The number of nitrogen functional groups attached to an aromatic ring is 1. The van der Waals surface area contributed by atoms with Gasteiger partial charge in [-0.2, -0.15) is 0 Å². The minimum absolute atomic E-state index is 0.322. The smallest absolute Gasteiger partial charge is 0.182 e. The SMILES string of the molecule is CCOC1CC(n2nnnc2-c2cccc(N)c2)C1. The highest BCUT2D eigenvalue weighted by molar-refractivity contribution is 5.60. The summed E-state index contributed by atoms with van der Waals surface area (Å²) in [6, 6.07) is 7.94. The molecule has 1 fully saturated rings. The van der Waals surface area contributed by atoms with E-state index >= 15 is 0 Å². The number of anilines is 1. The Kier molecular flexibility index (Phi) is 3.16. The first-order valence-electron chi connectivity index (χ1n) is 6.53. The summed E-state index contributed by atoms with van der Waals surface area (Å²) in [4.78, 5) is 0. The van der Waals surface area contributed by atoms with Crippen LogP contribution in [0.15, 0.2) is 24.3 Å². The fourth-order valence-electron chi connectivity index (χ4n) is 2.42. The maximum Gasteiger partial charge on any atom is 0.182 e. The summed E-state index contributed by atoms with van der Waals surface area (Å²) in [5, 5.41) is 12.0. The lowest BCUT2D eigenvalue weighted by Gasteiger charge is -2.34. The summed E-state index contributed by atoms with van der Waals surface area (Å²) in [5.74, 6) is 0.771. The summed E-state index contributed by atoms with van der Waals surface area (Å²) in [6.45, 7) is 2.78. The molecular formula is C13H17N5O. The van der Waals surface area contributed by atoms with Crippen molar-refractivity contribution in [3.05, 3.63) is 24.3 Å². The zero-order valence-electron chi connectivity index (χ0n) is 10.9. The number of nitrogens with zero attached hydrogens (tertiary/aromatic N) is 4. The average molecular weight is 259 g/mol. The van der Waals surface area contributed by atoms with Gasteiger partial charge in [-0.3, -0.25) is 0 Å². The first-order chi connectivity index (χ1) is 9.28. The summed E-state index contributed by atoms with van der Waals surface area (Å²) in [5.41, 5.74) is 7.47. The van der Waals surface area contributed by atoms with Gasteiger partial charge in [-0.15, -0.1) is 5.10 Å². The van der Waals surface area contributed by atoms with Crippen LogP contribution in [0.4, 0.5) is 5.69 Å². The van der Waals surface area contributed by atoms with Gasteiger partial charge in [-0.25, -0.2) is 4.68 Å². The molecule has 0 aliphatic heterocycles. The van der Waals surface area contributed by atoms with Gasteiger partial charge in [0, 0.05) is 17.9 Å². The van der Waals surface area contributed by atoms with Crippen molar-refractivity contribution in [2.24, 2.45) is 0 Å². The number of hydrogen-bond donors (Lipinski definition) is 1. The van der Waals surface area contributed by atoms with Crippen LogP contribution in [0.25, 0.3) is 11.4 Å². The van der Waals surface area contributed by atoms with Crippen LogP contribution in [-0.2, 0) is 4.74 Å². The van der Waals surface area contributed by atoms with Gasteiger partial charge in [-0.05, 0) is 42.3 Å². The Labute approximate surface area is 111 Å². The first kappa shape index (κ1) is 12.1. The van der Waals surface area contributed by atoms with E-state index in [1.807, 2.05) is 35.9 Å². The zero-order valence-corrected chi connectivity index (χ0v) is 10.9. The van der Waals surface area contributed by atoms with E-state index in [9.17, 15) is 0 Å². The average Bonchev–Trinajstić information content (AvgIpc) is 2.82. The van der Waals surface area contributed by atoms with Crippen LogP contribution >= 0.6 is 0 Å². The third-order valence-electron chi connectivity index (χ3n) is 3.46. The van der Waals surface area contributed by atoms with Crippen LogP contribution in [0.5, 0.6) is 0 Å². The highest BCUT2D eigenvalue weighted by atomic mass is 16.5. The molecule has 2 aromatic rings. The van der Waals surface area contributed by atoms with Gasteiger partial charge in [0.25, 0.3) is 0 Å². The van der Waals surface area contributed by atoms with E-state index in [0.717, 1.165) is 30.8 Å². The predicted octanol–water partition coefficient (Wildman–Crippen LogP) is 1.66. The number of benzene rings is 1. The zero-order chi connectivity index (χ0) is 13.2. The van der Waals surface area contributed by atoms with E-state index in [-0.39, 0.29) is 0 Å². The Bertz CT molecular complexity index is 562. The molecule has 0 radical (unpaired) electrons. The molecule has 6 nitrogen and oxygen atoms in total. The molecule has 0 atom stereocenters. The second-order valence-electron chi connectivity index (χ2n) is 4.78. The number of aromatic nitrogens is 4. The van der Waals surface area contributed by atoms with Gasteiger partial charge in [0.05, 0.1) is 12.1 Å². The molecular weight excluding hydrogens is 242 g/mol. The second-order valence-corrected chi connectivity index (χ2v) is 4.78. The van der Waals surface area contributed by atoms with Crippen molar-refractivity contribution in [1.82, 2.24) is 20.2 Å². The Morgan fingerprint density at radius 2 is 2.26 bits per heavy atom. The number of tetrazole rings is 1. The third-order valence-corrected chi connectivity index (χ3v) is 3.46. The lowest BCUT2D eigenvalue weighted by atomic mass is 9.89. The number of rotatable bonds is 4. The van der Waals surface area contributed by atoms with Gasteiger partial charge in [-0.1, -0.05) is 12.1 Å². The molecule has 1 aliphatic carbocycles. The van der Waals surface area contributed by atoms with Crippen LogP contribution in [0.3, 0.4) is 0 Å². The molecule has 0 spiro atoms. The fourth-order valence-corrected chi connectivity index (χ4v) is 2.42. The van der Waals surface area contributed by atoms with E-state index in [1.54, 1.807) is 0 Å². The highest BCUT2D eigenvalue weighted by Crippen LogP contribution is 2.36. The van der Waals surface area contributed by atoms with Crippen molar-refractivity contribution in [2.75, 3.05) is 12.3 Å². The number of nitrogens with two attached hydrogens (primary N) is 1. The lowest BCUT2D eigenvalue weighted by molar-refractivity contribution is -0.0227. The fraction of sp³-hybridized carbons (Fsp3) is 0.462. The molecule has 6 heteroatoms. The molecule has 0 unspecified atom stereocenters.